The number of aromatic nitrogens is 2. The number of pyridine rings is 2. The van der Waals surface area contributed by atoms with Crippen LogP contribution in [0.15, 0.2) is 49.1 Å². The van der Waals surface area contributed by atoms with E-state index in [4.69, 9.17) is 9.47 Å². The third-order valence-corrected chi connectivity index (χ3v) is 5.77. The summed E-state index contributed by atoms with van der Waals surface area (Å²) < 4.78 is 12.0. The highest BCUT2D eigenvalue weighted by atomic mass is 16.5. The summed E-state index contributed by atoms with van der Waals surface area (Å²) >= 11 is 0. The molecule has 0 aliphatic carbocycles. The van der Waals surface area contributed by atoms with Crippen LogP contribution < -0.4 is 4.74 Å². The molecule has 4 rings (SSSR count). The monoisotopic (exact) mass is 367 g/mol. The number of hydrogen-bond acceptors (Lipinski definition) is 5. The van der Waals surface area contributed by atoms with Crippen molar-refractivity contribution in [3.63, 3.8) is 0 Å². The second-order valence-electron chi connectivity index (χ2n) is 7.26. The van der Waals surface area contributed by atoms with Gasteiger partial charge in [0.05, 0.1) is 24.0 Å². The molecule has 0 saturated carbocycles. The molecule has 1 atom stereocenters. The molecular weight excluding hydrogens is 342 g/mol. The van der Waals surface area contributed by atoms with Crippen molar-refractivity contribution >= 4 is 5.91 Å². The lowest BCUT2D eigenvalue weighted by Gasteiger charge is -2.42. The molecule has 0 N–H and O–H groups in total. The Balaban J connectivity index is 1.31. The quantitative estimate of drug-likeness (QED) is 0.813. The molecule has 2 saturated heterocycles. The number of ether oxygens (including phenoxy) is 2. The predicted octanol–water partition coefficient (Wildman–Crippen LogP) is 2.96. The Hall–Kier alpha value is -2.47. The highest BCUT2D eigenvalue weighted by Gasteiger charge is 2.46. The van der Waals surface area contributed by atoms with Crippen molar-refractivity contribution in [1.82, 2.24) is 14.9 Å². The summed E-state index contributed by atoms with van der Waals surface area (Å²) in [4.78, 5) is 22.7. The van der Waals surface area contributed by atoms with Crippen molar-refractivity contribution in [1.29, 1.82) is 0 Å². The van der Waals surface area contributed by atoms with Gasteiger partial charge in [-0.3, -0.25) is 14.8 Å². The number of hydrogen-bond donors (Lipinski definition) is 0. The van der Waals surface area contributed by atoms with Gasteiger partial charge in [0.15, 0.2) is 0 Å². The van der Waals surface area contributed by atoms with Crippen LogP contribution in [0.25, 0.3) is 0 Å². The second kappa shape index (κ2) is 8.05. The molecule has 1 amide bonds. The smallest absolute Gasteiger partial charge is 0.255 e. The van der Waals surface area contributed by atoms with E-state index < -0.39 is 0 Å². The topological polar surface area (TPSA) is 64.6 Å². The van der Waals surface area contributed by atoms with Crippen molar-refractivity contribution in [2.45, 2.75) is 31.3 Å². The van der Waals surface area contributed by atoms with E-state index in [1.807, 2.05) is 23.1 Å². The molecule has 6 nitrogen and oxygen atoms in total. The normalized spacial score (nSPS) is 21.3. The summed E-state index contributed by atoms with van der Waals surface area (Å²) in [5.74, 6) is 1.35. The van der Waals surface area contributed by atoms with Gasteiger partial charge >= 0.3 is 0 Å². The van der Waals surface area contributed by atoms with Crippen LogP contribution in [-0.4, -0.2) is 52.7 Å². The number of amides is 1. The van der Waals surface area contributed by atoms with Gasteiger partial charge in [0.2, 0.25) is 0 Å². The molecule has 0 unspecified atom stereocenters. The number of rotatable bonds is 5. The molecule has 0 aromatic carbocycles. The largest absolute Gasteiger partial charge is 0.492 e. The van der Waals surface area contributed by atoms with E-state index >= 15 is 0 Å². The molecular formula is C21H25N3O3. The van der Waals surface area contributed by atoms with Gasteiger partial charge in [0.1, 0.15) is 5.75 Å². The van der Waals surface area contributed by atoms with Gasteiger partial charge in [-0.15, -0.1) is 0 Å². The third kappa shape index (κ3) is 3.95. The van der Waals surface area contributed by atoms with Crippen LogP contribution in [0, 0.1) is 5.92 Å². The van der Waals surface area contributed by atoms with E-state index in [1.54, 1.807) is 30.9 Å². The van der Waals surface area contributed by atoms with E-state index in [0.717, 1.165) is 51.1 Å². The van der Waals surface area contributed by atoms with Crippen LogP contribution in [0.5, 0.6) is 5.75 Å². The van der Waals surface area contributed by atoms with Gasteiger partial charge in [-0.25, -0.2) is 0 Å². The fourth-order valence-corrected chi connectivity index (χ4v) is 4.26. The van der Waals surface area contributed by atoms with Crippen LogP contribution in [0.2, 0.25) is 0 Å². The van der Waals surface area contributed by atoms with Crippen LogP contribution >= 0.6 is 0 Å². The zero-order chi connectivity index (χ0) is 18.5. The summed E-state index contributed by atoms with van der Waals surface area (Å²) in [7, 11) is 0. The van der Waals surface area contributed by atoms with Crippen molar-refractivity contribution in [3.8, 4) is 5.75 Å². The number of carbonyl (C=O) groups is 1. The third-order valence-electron chi connectivity index (χ3n) is 5.77. The molecule has 27 heavy (non-hydrogen) atoms. The van der Waals surface area contributed by atoms with Gasteiger partial charge in [0.25, 0.3) is 5.91 Å². The summed E-state index contributed by atoms with van der Waals surface area (Å²) in [6.07, 6.45) is 10.6. The molecule has 0 radical (unpaired) electrons. The van der Waals surface area contributed by atoms with E-state index in [2.05, 4.69) is 9.97 Å². The fourth-order valence-electron chi connectivity index (χ4n) is 4.26. The number of piperidine rings is 1. The summed E-state index contributed by atoms with van der Waals surface area (Å²) in [6.45, 7) is 2.93. The molecule has 2 aliphatic heterocycles. The van der Waals surface area contributed by atoms with Crippen molar-refractivity contribution in [3.05, 3.63) is 54.6 Å². The average Bonchev–Trinajstić information content (AvgIpc) is 3.11. The van der Waals surface area contributed by atoms with Crippen LogP contribution in [-0.2, 0) is 4.74 Å². The first-order chi connectivity index (χ1) is 13.3. The van der Waals surface area contributed by atoms with Gasteiger partial charge < -0.3 is 14.4 Å². The number of carbonyl (C=O) groups excluding carboxylic acids is 1. The summed E-state index contributed by atoms with van der Waals surface area (Å²) in [5, 5.41) is 0. The van der Waals surface area contributed by atoms with Gasteiger partial charge in [-0.1, -0.05) is 0 Å². The Bertz CT molecular complexity index is 746. The van der Waals surface area contributed by atoms with Crippen LogP contribution in [0.4, 0.5) is 0 Å². The Morgan fingerprint density at radius 1 is 1.19 bits per heavy atom. The molecule has 1 spiro atoms. The molecule has 2 aromatic heterocycles. The Labute approximate surface area is 159 Å². The fraction of sp³-hybridized carbons (Fsp3) is 0.476. The maximum Gasteiger partial charge on any atom is 0.255 e. The lowest BCUT2D eigenvalue weighted by Crippen LogP contribution is -2.49. The van der Waals surface area contributed by atoms with Crippen LogP contribution in [0.3, 0.4) is 0 Å². The van der Waals surface area contributed by atoms with Gasteiger partial charge in [-0.2, -0.15) is 0 Å². The molecule has 4 heterocycles. The number of likely N-dealkylation sites (tertiary alicyclic amines) is 1. The molecule has 0 bridgehead atoms. The maximum absolute atomic E-state index is 12.6. The molecule has 2 aliphatic rings. The lowest BCUT2D eigenvalue weighted by molar-refractivity contribution is -0.0648. The van der Waals surface area contributed by atoms with E-state index in [-0.39, 0.29) is 11.5 Å². The predicted molar refractivity (Wildman–Crippen MR) is 101 cm³/mol. The Morgan fingerprint density at radius 2 is 1.96 bits per heavy atom. The minimum absolute atomic E-state index is 0.0624. The Morgan fingerprint density at radius 3 is 2.67 bits per heavy atom. The SMILES string of the molecule is O=C(c1cccnc1)N1CCC2(CC1)OCC[C@H]2CCOc1cccnc1. The van der Waals surface area contributed by atoms with E-state index in [0.29, 0.717) is 18.1 Å². The second-order valence-corrected chi connectivity index (χ2v) is 7.26. The zero-order valence-electron chi connectivity index (χ0n) is 15.4. The van der Waals surface area contributed by atoms with Crippen molar-refractivity contribution in [2.24, 2.45) is 5.92 Å². The summed E-state index contributed by atoms with van der Waals surface area (Å²) in [5.41, 5.74) is 0.548. The van der Waals surface area contributed by atoms with E-state index in [1.165, 1.54) is 0 Å². The first-order valence-corrected chi connectivity index (χ1v) is 9.63. The van der Waals surface area contributed by atoms with Gasteiger partial charge in [0, 0.05) is 38.3 Å². The first-order valence-electron chi connectivity index (χ1n) is 9.63. The molecule has 142 valence electrons. The average molecular weight is 367 g/mol. The molecule has 2 aromatic rings. The van der Waals surface area contributed by atoms with E-state index in [9.17, 15) is 4.79 Å². The molecule has 6 heteroatoms. The maximum atomic E-state index is 12.6. The minimum Gasteiger partial charge on any atom is -0.492 e. The standard InChI is InChI=1S/C21H25N3O3/c25-20(17-3-1-9-22-15-17)24-11-7-21(8-12-24)18(6-14-27-21)5-13-26-19-4-2-10-23-16-19/h1-4,9-10,15-16,18H,5-8,11-14H2/t18-/m1/s1. The van der Waals surface area contributed by atoms with Crippen LogP contribution in [0.1, 0.15) is 36.0 Å². The highest BCUT2D eigenvalue weighted by molar-refractivity contribution is 5.93. The molecule has 2 fully saturated rings. The first kappa shape index (κ1) is 17.9. The minimum atomic E-state index is -0.107. The lowest BCUT2D eigenvalue weighted by atomic mass is 9.78. The number of nitrogens with zero attached hydrogens (tertiary/aromatic N) is 3. The van der Waals surface area contributed by atoms with Crippen molar-refractivity contribution < 1.29 is 14.3 Å². The van der Waals surface area contributed by atoms with Gasteiger partial charge in [-0.05, 0) is 55.9 Å². The highest BCUT2D eigenvalue weighted by Crippen LogP contribution is 2.42. The van der Waals surface area contributed by atoms with Crippen molar-refractivity contribution in [2.75, 3.05) is 26.3 Å². The summed E-state index contributed by atoms with van der Waals surface area (Å²) in [6, 6.07) is 7.43. The Kier molecular flexibility index (Phi) is 5.34. The zero-order valence-corrected chi connectivity index (χ0v) is 15.4.